The molecule has 0 bridgehead atoms. The molecule has 0 spiro atoms. The molecule has 2 heterocycles. The normalized spacial score (nSPS) is 13.2. The Kier molecular flexibility index (Phi) is 6.13. The van der Waals surface area contributed by atoms with E-state index in [1.54, 1.807) is 12.1 Å². The number of thiazole rings is 2. The van der Waals surface area contributed by atoms with Crippen LogP contribution >= 0.6 is 22.7 Å². The first kappa shape index (κ1) is 20.8. The highest BCUT2D eigenvalue weighted by atomic mass is 32.2. The molecule has 1 aromatic carbocycles. The molecule has 1 atom stereocenters. The lowest BCUT2D eigenvalue weighted by molar-refractivity contribution is -0.118. The van der Waals surface area contributed by atoms with Crippen molar-refractivity contribution in [2.24, 2.45) is 5.92 Å². The van der Waals surface area contributed by atoms with Crippen LogP contribution in [0.1, 0.15) is 31.0 Å². The number of nitrogens with one attached hydrogen (secondary N) is 2. The Bertz CT molecular complexity index is 1100. The standard InChI is InChI=1S/C18H22N4O3S3/c1-10(2)7-15(17(23)21-18-19-11(3)9-26-18)22-28(24,25)13-5-6-14-16(8-13)27-12(4)20-14/h5-6,8-10,15,22H,7H2,1-4H3,(H,19,21,23)/t15-/m1/s1. The van der Waals surface area contributed by atoms with Gasteiger partial charge in [0.2, 0.25) is 15.9 Å². The highest BCUT2D eigenvalue weighted by Gasteiger charge is 2.27. The largest absolute Gasteiger partial charge is 0.301 e. The van der Waals surface area contributed by atoms with Crippen LogP contribution in [0, 0.1) is 19.8 Å². The van der Waals surface area contributed by atoms with Gasteiger partial charge in [0.1, 0.15) is 6.04 Å². The van der Waals surface area contributed by atoms with Gasteiger partial charge in [-0.1, -0.05) is 13.8 Å². The molecule has 0 saturated heterocycles. The van der Waals surface area contributed by atoms with Crippen LogP contribution in [0.25, 0.3) is 10.2 Å². The molecule has 7 nitrogen and oxygen atoms in total. The van der Waals surface area contributed by atoms with Gasteiger partial charge in [0, 0.05) is 5.38 Å². The molecule has 0 saturated carbocycles. The number of aromatic nitrogens is 2. The van der Waals surface area contributed by atoms with Crippen LogP contribution in [0.5, 0.6) is 0 Å². The maximum atomic E-state index is 12.9. The lowest BCUT2D eigenvalue weighted by atomic mass is 10.0. The molecular formula is C18H22N4O3S3. The quantitative estimate of drug-likeness (QED) is 0.586. The Morgan fingerprint density at radius 1 is 1.21 bits per heavy atom. The van der Waals surface area contributed by atoms with Crippen LogP contribution in [0.15, 0.2) is 28.5 Å². The van der Waals surface area contributed by atoms with E-state index in [0.717, 1.165) is 20.9 Å². The fraction of sp³-hybridized carbons (Fsp3) is 0.389. The number of anilines is 1. The Balaban J connectivity index is 1.83. The molecular weight excluding hydrogens is 416 g/mol. The number of hydrogen-bond donors (Lipinski definition) is 2. The summed E-state index contributed by atoms with van der Waals surface area (Å²) >= 11 is 2.74. The summed E-state index contributed by atoms with van der Waals surface area (Å²) in [4.78, 5) is 21.4. The Morgan fingerprint density at radius 2 is 1.96 bits per heavy atom. The van der Waals surface area contributed by atoms with Gasteiger partial charge < -0.3 is 5.32 Å². The van der Waals surface area contributed by atoms with Gasteiger partial charge >= 0.3 is 0 Å². The first-order valence-electron chi connectivity index (χ1n) is 8.76. The van der Waals surface area contributed by atoms with Gasteiger partial charge in [-0.25, -0.2) is 18.4 Å². The third-order valence-corrected chi connectivity index (χ3v) is 7.23. The molecule has 0 aliphatic carbocycles. The molecule has 0 radical (unpaired) electrons. The van der Waals surface area contributed by atoms with Crippen LogP contribution in [0.2, 0.25) is 0 Å². The predicted octanol–water partition coefficient (Wildman–Crippen LogP) is 3.70. The number of amides is 1. The molecule has 0 fully saturated rings. The Hall–Kier alpha value is -1.88. The van der Waals surface area contributed by atoms with Crippen LogP contribution in [-0.2, 0) is 14.8 Å². The summed E-state index contributed by atoms with van der Waals surface area (Å²) in [6, 6.07) is 3.89. The van der Waals surface area contributed by atoms with Crippen LogP contribution in [-0.4, -0.2) is 30.3 Å². The number of fused-ring (bicyclic) bond motifs is 1. The maximum Gasteiger partial charge on any atom is 0.244 e. The van der Waals surface area contributed by atoms with E-state index in [1.807, 2.05) is 33.1 Å². The third kappa shape index (κ3) is 4.93. The van der Waals surface area contributed by atoms with Gasteiger partial charge in [-0.05, 0) is 44.4 Å². The van der Waals surface area contributed by atoms with Crippen molar-refractivity contribution in [2.75, 3.05) is 5.32 Å². The number of carbonyl (C=O) groups excluding carboxylic acids is 1. The second kappa shape index (κ2) is 8.24. The predicted molar refractivity (Wildman–Crippen MR) is 113 cm³/mol. The fourth-order valence-corrected chi connectivity index (χ4v) is 5.59. The molecule has 1 amide bonds. The number of carbonyl (C=O) groups is 1. The fourth-order valence-electron chi connectivity index (χ4n) is 2.73. The van der Waals surface area contributed by atoms with Crippen LogP contribution < -0.4 is 10.0 Å². The lowest BCUT2D eigenvalue weighted by Gasteiger charge is -2.19. The second-order valence-corrected chi connectivity index (χ2v) is 10.8. The molecule has 2 aromatic heterocycles. The average Bonchev–Trinajstić information content (AvgIpc) is 3.17. The van der Waals surface area contributed by atoms with Crippen molar-refractivity contribution >= 4 is 54.0 Å². The summed E-state index contributed by atoms with van der Waals surface area (Å²) in [6.07, 6.45) is 0.372. The average molecular weight is 439 g/mol. The van der Waals surface area contributed by atoms with E-state index in [2.05, 4.69) is 20.0 Å². The third-order valence-electron chi connectivity index (χ3n) is 3.95. The Labute approximate surface area is 172 Å². The number of rotatable bonds is 7. The number of benzene rings is 1. The first-order valence-corrected chi connectivity index (χ1v) is 11.9. The number of sulfonamides is 1. The minimum Gasteiger partial charge on any atom is -0.301 e. The van der Waals surface area contributed by atoms with Gasteiger partial charge in [0.25, 0.3) is 0 Å². The van der Waals surface area contributed by atoms with Gasteiger partial charge in [-0.2, -0.15) is 4.72 Å². The molecule has 3 rings (SSSR count). The van der Waals surface area contributed by atoms with Crippen molar-refractivity contribution in [3.63, 3.8) is 0 Å². The first-order chi connectivity index (χ1) is 13.1. The number of nitrogens with zero attached hydrogens (tertiary/aromatic N) is 2. The Morgan fingerprint density at radius 3 is 2.61 bits per heavy atom. The molecule has 0 unspecified atom stereocenters. The van der Waals surface area contributed by atoms with Gasteiger partial charge in [-0.3, -0.25) is 4.79 Å². The summed E-state index contributed by atoms with van der Waals surface area (Å²) in [5, 5.41) is 5.86. The van der Waals surface area contributed by atoms with Crippen molar-refractivity contribution < 1.29 is 13.2 Å². The summed E-state index contributed by atoms with van der Waals surface area (Å²) in [5.74, 6) is -0.288. The summed E-state index contributed by atoms with van der Waals surface area (Å²) in [7, 11) is -3.87. The molecule has 0 aliphatic heterocycles. The molecule has 28 heavy (non-hydrogen) atoms. The van der Waals surface area contributed by atoms with Crippen molar-refractivity contribution in [3.8, 4) is 0 Å². The number of aryl methyl sites for hydroxylation is 2. The van der Waals surface area contributed by atoms with E-state index < -0.39 is 22.0 Å². The van der Waals surface area contributed by atoms with Crippen molar-refractivity contribution in [3.05, 3.63) is 34.3 Å². The molecule has 3 aromatic rings. The summed E-state index contributed by atoms with van der Waals surface area (Å²) in [6.45, 7) is 7.58. The van der Waals surface area contributed by atoms with Crippen LogP contribution in [0.4, 0.5) is 5.13 Å². The van der Waals surface area contributed by atoms with Gasteiger partial charge in [0.05, 0.1) is 25.8 Å². The maximum absolute atomic E-state index is 12.9. The van der Waals surface area contributed by atoms with E-state index in [-0.39, 0.29) is 10.8 Å². The minimum absolute atomic E-state index is 0.121. The van der Waals surface area contributed by atoms with Crippen molar-refractivity contribution in [1.29, 1.82) is 0 Å². The number of hydrogen-bond acceptors (Lipinski definition) is 7. The molecule has 150 valence electrons. The molecule has 0 aliphatic rings. The second-order valence-electron chi connectivity index (χ2n) is 6.95. The zero-order valence-electron chi connectivity index (χ0n) is 16.0. The molecule has 2 N–H and O–H groups in total. The minimum atomic E-state index is -3.87. The van der Waals surface area contributed by atoms with Crippen LogP contribution in [0.3, 0.4) is 0 Å². The smallest absolute Gasteiger partial charge is 0.244 e. The van der Waals surface area contributed by atoms with E-state index in [1.165, 1.54) is 28.7 Å². The monoisotopic (exact) mass is 438 g/mol. The van der Waals surface area contributed by atoms with E-state index in [0.29, 0.717) is 11.6 Å². The highest BCUT2D eigenvalue weighted by molar-refractivity contribution is 7.89. The highest BCUT2D eigenvalue weighted by Crippen LogP contribution is 2.25. The topological polar surface area (TPSA) is 101 Å². The van der Waals surface area contributed by atoms with Gasteiger partial charge in [-0.15, -0.1) is 22.7 Å². The SMILES string of the molecule is Cc1csc(NC(=O)[C@@H](CC(C)C)NS(=O)(=O)c2ccc3nc(C)sc3c2)n1. The van der Waals surface area contributed by atoms with E-state index in [9.17, 15) is 13.2 Å². The van der Waals surface area contributed by atoms with E-state index >= 15 is 0 Å². The van der Waals surface area contributed by atoms with Gasteiger partial charge in [0.15, 0.2) is 5.13 Å². The van der Waals surface area contributed by atoms with E-state index in [4.69, 9.17) is 0 Å². The van der Waals surface area contributed by atoms with Crippen molar-refractivity contribution in [2.45, 2.75) is 45.1 Å². The zero-order chi connectivity index (χ0) is 20.5. The molecule has 10 heteroatoms. The van der Waals surface area contributed by atoms with Crippen molar-refractivity contribution in [1.82, 2.24) is 14.7 Å². The lowest BCUT2D eigenvalue weighted by Crippen LogP contribution is -2.44. The zero-order valence-corrected chi connectivity index (χ0v) is 18.5. The summed E-state index contributed by atoms with van der Waals surface area (Å²) in [5.41, 5.74) is 1.56. The summed E-state index contributed by atoms with van der Waals surface area (Å²) < 4.78 is 29.2.